The van der Waals surface area contributed by atoms with Crippen molar-refractivity contribution in [1.82, 2.24) is 21.3 Å². The molecule has 14 nitrogen and oxygen atoms in total. The fourth-order valence-electron chi connectivity index (χ4n) is 3.50. The molecular weight excluding hydrogens is 508 g/mol. The Kier molecular flexibility index (Phi) is 15.7. The Morgan fingerprint density at radius 3 is 1.77 bits per heavy atom. The van der Waals surface area contributed by atoms with Gasteiger partial charge in [-0.15, -0.1) is 0 Å². The number of guanidine groups is 1. The van der Waals surface area contributed by atoms with Crippen LogP contribution in [-0.4, -0.2) is 77.4 Å². The molecule has 0 aliphatic heterocycles. The summed E-state index contributed by atoms with van der Waals surface area (Å²) >= 11 is 0. The Hall–Kier alpha value is -3.42. The van der Waals surface area contributed by atoms with Crippen LogP contribution in [0.25, 0.3) is 0 Å². The predicted octanol–water partition coefficient (Wildman–Crippen LogP) is -1.23. The summed E-state index contributed by atoms with van der Waals surface area (Å²) in [6.45, 7) is 12.1. The van der Waals surface area contributed by atoms with Gasteiger partial charge < -0.3 is 43.6 Å². The summed E-state index contributed by atoms with van der Waals surface area (Å²) in [5, 5.41) is 19.6. The standard InChI is InChI=1S/C25H48N8O6/c1-8-14(6)17(26)22(36)31-16(10-9-11-29-25(27)28)21(35)32-18(12(2)3)23(37)30-15(7)20(34)33-19(13(4)5)24(38)39/h12-19H,8-11,26H2,1-7H3,(H,30,37)(H,31,36)(H,32,35)(H,33,34)(H,38,39)(H4,27,28,29)/t14-,15-,16-,17-,18-,19-/m0/s1. The highest BCUT2D eigenvalue weighted by Gasteiger charge is 2.32. The van der Waals surface area contributed by atoms with Crippen molar-refractivity contribution in [2.45, 2.75) is 97.9 Å². The third-order valence-electron chi connectivity index (χ3n) is 6.37. The molecular formula is C25H48N8O6. The molecule has 224 valence electrons. The van der Waals surface area contributed by atoms with E-state index in [1.54, 1.807) is 27.7 Å². The number of hydrogen-bond acceptors (Lipinski definition) is 7. The van der Waals surface area contributed by atoms with Gasteiger partial charge in [0, 0.05) is 6.54 Å². The maximum absolute atomic E-state index is 13.2. The second kappa shape index (κ2) is 17.2. The predicted molar refractivity (Wildman–Crippen MR) is 148 cm³/mol. The fourth-order valence-corrected chi connectivity index (χ4v) is 3.50. The molecule has 11 N–H and O–H groups in total. The fraction of sp³-hybridized carbons (Fsp3) is 0.760. The van der Waals surface area contributed by atoms with Crippen molar-refractivity contribution < 1.29 is 29.1 Å². The van der Waals surface area contributed by atoms with E-state index in [0.717, 1.165) is 0 Å². The zero-order valence-electron chi connectivity index (χ0n) is 24.1. The molecule has 0 heterocycles. The first-order valence-corrected chi connectivity index (χ1v) is 13.3. The van der Waals surface area contributed by atoms with E-state index in [2.05, 4.69) is 26.3 Å². The van der Waals surface area contributed by atoms with Gasteiger partial charge in [0.15, 0.2) is 5.96 Å². The van der Waals surface area contributed by atoms with Crippen LogP contribution in [0.3, 0.4) is 0 Å². The van der Waals surface area contributed by atoms with Crippen LogP contribution in [0.4, 0.5) is 0 Å². The van der Waals surface area contributed by atoms with Gasteiger partial charge in [0.05, 0.1) is 6.04 Å². The van der Waals surface area contributed by atoms with Crippen LogP contribution in [-0.2, 0) is 24.0 Å². The van der Waals surface area contributed by atoms with Gasteiger partial charge in [-0.05, 0) is 37.5 Å². The van der Waals surface area contributed by atoms with Crippen LogP contribution in [0.2, 0.25) is 0 Å². The van der Waals surface area contributed by atoms with Gasteiger partial charge in [-0.25, -0.2) is 4.79 Å². The summed E-state index contributed by atoms with van der Waals surface area (Å²) in [7, 11) is 0. The van der Waals surface area contributed by atoms with E-state index in [-0.39, 0.29) is 36.7 Å². The first kappa shape index (κ1) is 35.6. The molecule has 0 aliphatic rings. The first-order chi connectivity index (χ1) is 18.0. The molecule has 39 heavy (non-hydrogen) atoms. The van der Waals surface area contributed by atoms with Gasteiger partial charge in [-0.3, -0.25) is 24.2 Å². The van der Waals surface area contributed by atoms with Crippen molar-refractivity contribution in [1.29, 1.82) is 0 Å². The maximum atomic E-state index is 13.2. The van der Waals surface area contributed by atoms with Crippen molar-refractivity contribution >= 4 is 35.6 Å². The summed E-state index contributed by atoms with van der Waals surface area (Å²) in [6.07, 6.45) is 1.21. The maximum Gasteiger partial charge on any atom is 0.326 e. The van der Waals surface area contributed by atoms with Crippen molar-refractivity contribution in [3.8, 4) is 0 Å². The number of hydrogen-bond donors (Lipinski definition) is 8. The lowest BCUT2D eigenvalue weighted by Gasteiger charge is -2.28. The highest BCUT2D eigenvalue weighted by molar-refractivity contribution is 5.95. The Balaban J connectivity index is 5.57. The number of carbonyl (C=O) groups is 5. The topological polar surface area (TPSA) is 244 Å². The molecule has 0 unspecified atom stereocenters. The number of nitrogens with zero attached hydrogens (tertiary/aromatic N) is 1. The summed E-state index contributed by atoms with van der Waals surface area (Å²) in [5.74, 6) is -4.59. The summed E-state index contributed by atoms with van der Waals surface area (Å²) in [4.78, 5) is 66.8. The molecule has 0 radical (unpaired) electrons. The number of aliphatic imine (C=N–C) groups is 1. The molecule has 0 rings (SSSR count). The Morgan fingerprint density at radius 1 is 0.769 bits per heavy atom. The lowest BCUT2D eigenvalue weighted by atomic mass is 9.98. The smallest absolute Gasteiger partial charge is 0.326 e. The van der Waals surface area contributed by atoms with Gasteiger partial charge in [0.25, 0.3) is 0 Å². The lowest BCUT2D eigenvalue weighted by molar-refractivity contribution is -0.143. The number of carbonyl (C=O) groups excluding carboxylic acids is 4. The van der Waals surface area contributed by atoms with Crippen LogP contribution in [0.5, 0.6) is 0 Å². The highest BCUT2D eigenvalue weighted by atomic mass is 16.4. The summed E-state index contributed by atoms with van der Waals surface area (Å²) < 4.78 is 0. The number of amides is 4. The molecule has 6 atom stereocenters. The Labute approximate surface area is 230 Å². The Morgan fingerprint density at radius 2 is 1.31 bits per heavy atom. The van der Waals surface area contributed by atoms with Crippen LogP contribution in [0, 0.1) is 17.8 Å². The zero-order valence-corrected chi connectivity index (χ0v) is 24.1. The SMILES string of the molecule is CC[C@H](C)[C@H](N)C(=O)N[C@@H](CCCN=C(N)N)C(=O)N[C@H](C(=O)N[C@@H](C)C(=O)N[C@H](C(=O)O)C(C)C)C(C)C. The van der Waals surface area contributed by atoms with Crippen LogP contribution >= 0.6 is 0 Å². The van der Waals surface area contributed by atoms with E-state index in [1.807, 2.05) is 13.8 Å². The molecule has 14 heteroatoms. The molecule has 0 aromatic heterocycles. The quantitative estimate of drug-likeness (QED) is 0.0606. The first-order valence-electron chi connectivity index (χ1n) is 13.3. The van der Waals surface area contributed by atoms with Gasteiger partial charge in [0.2, 0.25) is 23.6 Å². The van der Waals surface area contributed by atoms with Gasteiger partial charge in [0.1, 0.15) is 24.2 Å². The number of nitrogens with one attached hydrogen (secondary N) is 4. The highest BCUT2D eigenvalue weighted by Crippen LogP contribution is 2.09. The molecule has 0 spiro atoms. The minimum absolute atomic E-state index is 0.100. The van der Waals surface area contributed by atoms with E-state index in [1.165, 1.54) is 6.92 Å². The molecule has 0 aromatic rings. The zero-order chi connectivity index (χ0) is 30.4. The van der Waals surface area contributed by atoms with E-state index in [0.29, 0.717) is 12.8 Å². The van der Waals surface area contributed by atoms with Crippen molar-refractivity contribution in [3.63, 3.8) is 0 Å². The molecule has 0 aliphatic carbocycles. The normalized spacial score (nSPS) is 15.7. The molecule has 0 fully saturated rings. The number of carboxylic acid groups (broad SMARTS) is 1. The third-order valence-corrected chi connectivity index (χ3v) is 6.37. The lowest BCUT2D eigenvalue weighted by Crippen LogP contribution is -2.59. The minimum Gasteiger partial charge on any atom is -0.480 e. The molecule has 0 bridgehead atoms. The second-order valence-electron chi connectivity index (χ2n) is 10.5. The number of nitrogens with two attached hydrogens (primary N) is 3. The molecule has 0 saturated heterocycles. The van der Waals surface area contributed by atoms with Crippen molar-refractivity contribution in [3.05, 3.63) is 0 Å². The minimum atomic E-state index is -1.19. The van der Waals surface area contributed by atoms with Crippen molar-refractivity contribution in [2.75, 3.05) is 6.54 Å². The summed E-state index contributed by atoms with van der Waals surface area (Å²) in [5.41, 5.74) is 16.7. The molecule has 0 aromatic carbocycles. The number of aliphatic carboxylic acids is 1. The van der Waals surface area contributed by atoms with Crippen molar-refractivity contribution in [2.24, 2.45) is 39.9 Å². The summed E-state index contributed by atoms with van der Waals surface area (Å²) in [6, 6.07) is -5.08. The van der Waals surface area contributed by atoms with E-state index >= 15 is 0 Å². The average molecular weight is 557 g/mol. The van der Waals surface area contributed by atoms with E-state index in [4.69, 9.17) is 17.2 Å². The Bertz CT molecular complexity index is 875. The molecule has 4 amide bonds. The van der Waals surface area contributed by atoms with Gasteiger partial charge in [-0.2, -0.15) is 0 Å². The van der Waals surface area contributed by atoms with E-state index in [9.17, 15) is 29.1 Å². The van der Waals surface area contributed by atoms with Gasteiger partial charge in [-0.1, -0.05) is 48.0 Å². The van der Waals surface area contributed by atoms with Gasteiger partial charge >= 0.3 is 5.97 Å². The average Bonchev–Trinajstić information content (AvgIpc) is 2.84. The largest absolute Gasteiger partial charge is 0.480 e. The second-order valence-corrected chi connectivity index (χ2v) is 10.5. The van der Waals surface area contributed by atoms with Crippen LogP contribution in [0.15, 0.2) is 4.99 Å². The molecule has 0 saturated carbocycles. The number of carboxylic acids is 1. The van der Waals surface area contributed by atoms with Crippen LogP contribution in [0.1, 0.15) is 67.7 Å². The van der Waals surface area contributed by atoms with Crippen LogP contribution < -0.4 is 38.5 Å². The van der Waals surface area contributed by atoms with E-state index < -0.39 is 59.8 Å². The third kappa shape index (κ3) is 12.8. The monoisotopic (exact) mass is 556 g/mol. The number of rotatable bonds is 17.